The number of carbonyl (C=O) groups excluding carboxylic acids is 5. The fraction of sp³-hybridized carbons (Fsp3) is 0.425. The Morgan fingerprint density at radius 3 is 2.37 bits per heavy atom. The van der Waals surface area contributed by atoms with Crippen LogP contribution in [-0.2, 0) is 36.8 Å². The van der Waals surface area contributed by atoms with Crippen molar-refractivity contribution in [1.82, 2.24) is 26.2 Å². The predicted molar refractivity (Wildman–Crippen MR) is 213 cm³/mol. The number of amides is 5. The zero-order chi connectivity index (χ0) is 38.0. The number of nitrogens with two attached hydrogens (primary N) is 1. The second-order valence-electron chi connectivity index (χ2n) is 14.0. The molecule has 0 bridgehead atoms. The predicted octanol–water partition coefficient (Wildman–Crippen LogP) is 2.84. The molecule has 54 heavy (non-hydrogen) atoms. The summed E-state index contributed by atoms with van der Waals surface area (Å²) in [5, 5.41) is 26.7. The Morgan fingerprint density at radius 2 is 1.59 bits per heavy atom. The first-order valence-corrected chi connectivity index (χ1v) is 20.6. The van der Waals surface area contributed by atoms with Gasteiger partial charge in [0.25, 0.3) is 0 Å². The van der Waals surface area contributed by atoms with E-state index in [4.69, 9.17) is 5.73 Å². The third kappa shape index (κ3) is 9.78. The molecule has 3 aromatic carbocycles. The lowest BCUT2D eigenvalue weighted by atomic mass is 9.96. The number of aliphatic hydroxyl groups is 1. The third-order valence-electron chi connectivity index (χ3n) is 10.3. The number of likely N-dealkylation sites (tertiary alicyclic amines) is 1. The molecule has 0 aliphatic carbocycles. The van der Waals surface area contributed by atoms with Crippen LogP contribution in [0, 0.1) is 5.92 Å². The van der Waals surface area contributed by atoms with E-state index in [0.717, 1.165) is 43.7 Å². The molecule has 6 rings (SSSR count). The van der Waals surface area contributed by atoms with Gasteiger partial charge in [0.1, 0.15) is 24.2 Å². The maximum absolute atomic E-state index is 14.3. The Labute approximate surface area is 323 Å². The Kier molecular flexibility index (Phi) is 13.6. The Bertz CT molecular complexity index is 1970. The summed E-state index contributed by atoms with van der Waals surface area (Å²) in [6.45, 7) is 1.70. The summed E-state index contributed by atoms with van der Waals surface area (Å²) < 4.78 is 1.06. The standard InChI is InChI=1S/C40H48N6O6S2/c41-36(48)31(20-25-12-13-26-7-1-2-8-28(26)19-25)43-39(51)34-10-5-6-18-46(34)40(52)33(23-53-24-47)45-38(50)32(44-37(49)27-14-16-42-17-15-27)21-29-22-54-35-11-4-3-9-30(29)35/h1-4,7-9,11-13,19,22,27,31-34,42,47H,5-6,10,14-18,20-21,23-24H2,(H2,41,48)(H,43,51)(H,44,49)(H,45,50)/t31-,32-,33-,34-/m0/s1. The second-order valence-corrected chi connectivity index (χ2v) is 15.9. The van der Waals surface area contributed by atoms with Crippen LogP contribution < -0.4 is 27.0 Å². The number of thiophene rings is 1. The first kappa shape index (κ1) is 39.2. The van der Waals surface area contributed by atoms with Gasteiger partial charge >= 0.3 is 0 Å². The van der Waals surface area contributed by atoms with Gasteiger partial charge < -0.3 is 37.0 Å². The van der Waals surface area contributed by atoms with E-state index in [1.807, 2.05) is 72.1 Å². The van der Waals surface area contributed by atoms with Crippen molar-refractivity contribution in [3.63, 3.8) is 0 Å². The number of rotatable bonds is 15. The lowest BCUT2D eigenvalue weighted by Crippen LogP contribution is -2.61. The van der Waals surface area contributed by atoms with Crippen LogP contribution in [0.25, 0.3) is 20.9 Å². The molecule has 2 saturated heterocycles. The summed E-state index contributed by atoms with van der Waals surface area (Å²) in [6.07, 6.45) is 3.44. The Hall–Kier alpha value is -4.50. The van der Waals surface area contributed by atoms with Gasteiger partial charge in [-0.15, -0.1) is 23.1 Å². The van der Waals surface area contributed by atoms with E-state index in [2.05, 4.69) is 21.3 Å². The smallest absolute Gasteiger partial charge is 0.246 e. The Morgan fingerprint density at radius 1 is 0.852 bits per heavy atom. The minimum atomic E-state index is -1.09. The van der Waals surface area contributed by atoms with E-state index in [0.29, 0.717) is 45.2 Å². The largest absolute Gasteiger partial charge is 0.386 e. The highest BCUT2D eigenvalue weighted by atomic mass is 32.2. The first-order valence-electron chi connectivity index (χ1n) is 18.5. The van der Waals surface area contributed by atoms with E-state index in [1.54, 1.807) is 11.3 Å². The second kappa shape index (κ2) is 18.7. The van der Waals surface area contributed by atoms with E-state index >= 15 is 0 Å². The van der Waals surface area contributed by atoms with Gasteiger partial charge in [-0.2, -0.15) is 0 Å². The SMILES string of the molecule is NC(=O)[C@H](Cc1ccc2ccccc2c1)NC(=O)[C@@H]1CCCCN1C(=O)[C@H](CSCO)NC(=O)[C@H](Cc1csc2ccccc12)NC(=O)C1CCNCC1. The molecular weight excluding hydrogens is 725 g/mol. The van der Waals surface area contributed by atoms with Gasteiger partial charge in [-0.25, -0.2) is 0 Å². The van der Waals surface area contributed by atoms with Gasteiger partial charge in [0, 0.05) is 35.8 Å². The van der Waals surface area contributed by atoms with Crippen molar-refractivity contribution in [2.45, 2.75) is 69.1 Å². The average molecular weight is 773 g/mol. The lowest BCUT2D eigenvalue weighted by molar-refractivity contribution is -0.145. The van der Waals surface area contributed by atoms with Gasteiger partial charge in [0.05, 0.1) is 5.94 Å². The minimum Gasteiger partial charge on any atom is -0.386 e. The molecule has 1 aromatic heterocycles. The van der Waals surface area contributed by atoms with Crippen molar-refractivity contribution in [3.8, 4) is 0 Å². The molecule has 7 N–H and O–H groups in total. The topological polar surface area (TPSA) is 183 Å². The van der Waals surface area contributed by atoms with Crippen LogP contribution >= 0.6 is 23.1 Å². The van der Waals surface area contributed by atoms with E-state index < -0.39 is 47.8 Å². The minimum absolute atomic E-state index is 0.0497. The van der Waals surface area contributed by atoms with Gasteiger partial charge in [0.15, 0.2) is 0 Å². The van der Waals surface area contributed by atoms with Crippen LogP contribution in [-0.4, -0.2) is 95.0 Å². The van der Waals surface area contributed by atoms with E-state index in [-0.39, 0.29) is 42.9 Å². The van der Waals surface area contributed by atoms with Gasteiger partial charge in [0.2, 0.25) is 29.5 Å². The quantitative estimate of drug-likeness (QED) is 0.0998. The van der Waals surface area contributed by atoms with Crippen molar-refractivity contribution in [2.75, 3.05) is 31.3 Å². The van der Waals surface area contributed by atoms with Crippen molar-refractivity contribution < 1.29 is 29.1 Å². The van der Waals surface area contributed by atoms with Crippen LogP contribution in [0.3, 0.4) is 0 Å². The Balaban J connectivity index is 1.18. The molecule has 0 unspecified atom stereocenters. The molecule has 12 nitrogen and oxygen atoms in total. The highest BCUT2D eigenvalue weighted by Crippen LogP contribution is 2.27. The number of nitrogens with zero attached hydrogens (tertiary/aromatic N) is 1. The number of hydrogen-bond donors (Lipinski definition) is 6. The molecule has 14 heteroatoms. The van der Waals surface area contributed by atoms with E-state index in [9.17, 15) is 29.1 Å². The molecule has 5 amide bonds. The number of nitrogens with one attached hydrogen (secondary N) is 4. The van der Waals surface area contributed by atoms with Crippen molar-refractivity contribution in [3.05, 3.63) is 83.2 Å². The number of piperidine rings is 2. The summed E-state index contributed by atoms with van der Waals surface area (Å²) >= 11 is 2.63. The summed E-state index contributed by atoms with van der Waals surface area (Å²) in [4.78, 5) is 69.9. The number of carbonyl (C=O) groups is 5. The maximum Gasteiger partial charge on any atom is 0.246 e. The van der Waals surface area contributed by atoms with Crippen LogP contribution in [0.2, 0.25) is 0 Å². The number of aliphatic hydroxyl groups excluding tert-OH is 1. The molecule has 0 radical (unpaired) electrons. The molecule has 0 saturated carbocycles. The van der Waals surface area contributed by atoms with E-state index in [1.165, 1.54) is 4.90 Å². The normalized spacial score (nSPS) is 18.1. The zero-order valence-electron chi connectivity index (χ0n) is 30.1. The fourth-order valence-electron chi connectivity index (χ4n) is 7.37. The molecule has 0 spiro atoms. The van der Waals surface area contributed by atoms with Crippen LogP contribution in [0.1, 0.15) is 43.2 Å². The maximum atomic E-state index is 14.3. The number of fused-ring (bicyclic) bond motifs is 2. The fourth-order valence-corrected chi connectivity index (χ4v) is 8.91. The number of hydrogen-bond acceptors (Lipinski definition) is 9. The molecule has 4 atom stereocenters. The molecule has 2 aliphatic heterocycles. The molecule has 4 aromatic rings. The van der Waals surface area contributed by atoms with Gasteiger partial charge in [-0.3, -0.25) is 24.0 Å². The van der Waals surface area contributed by atoms with Crippen LogP contribution in [0.4, 0.5) is 0 Å². The monoisotopic (exact) mass is 772 g/mol. The average Bonchev–Trinajstić information content (AvgIpc) is 3.61. The molecule has 2 fully saturated rings. The summed E-state index contributed by atoms with van der Waals surface area (Å²) in [5.41, 5.74) is 7.52. The molecular formula is C40H48N6O6S2. The zero-order valence-corrected chi connectivity index (χ0v) is 31.8. The number of benzene rings is 3. The van der Waals surface area contributed by atoms with Crippen molar-refractivity contribution in [1.29, 1.82) is 0 Å². The first-order chi connectivity index (χ1) is 26.2. The molecule has 2 aliphatic rings. The van der Waals surface area contributed by atoms with Gasteiger partial charge in [-0.05, 0) is 83.9 Å². The third-order valence-corrected chi connectivity index (χ3v) is 12.1. The van der Waals surface area contributed by atoms with Crippen LogP contribution in [0.5, 0.6) is 0 Å². The highest BCUT2D eigenvalue weighted by molar-refractivity contribution is 7.99. The summed E-state index contributed by atoms with van der Waals surface area (Å²) in [6, 6.07) is 17.6. The van der Waals surface area contributed by atoms with Crippen molar-refractivity contribution in [2.24, 2.45) is 11.7 Å². The molecule has 286 valence electrons. The van der Waals surface area contributed by atoms with Crippen molar-refractivity contribution >= 4 is 73.5 Å². The summed E-state index contributed by atoms with van der Waals surface area (Å²) in [5.74, 6) is -2.85. The lowest BCUT2D eigenvalue weighted by Gasteiger charge is -2.37. The number of thioether (sulfide) groups is 1. The van der Waals surface area contributed by atoms with Gasteiger partial charge in [-0.1, -0.05) is 60.7 Å². The molecule has 3 heterocycles. The van der Waals surface area contributed by atoms with Crippen LogP contribution in [0.15, 0.2) is 72.1 Å². The summed E-state index contributed by atoms with van der Waals surface area (Å²) in [7, 11) is 0. The highest BCUT2D eigenvalue weighted by Gasteiger charge is 2.38. The number of primary amides is 1.